The fraction of sp³-hybridized carbons (Fsp3) is 0.567. The molecule has 1 aromatic heterocycles. The van der Waals surface area contributed by atoms with Crippen LogP contribution in [0.2, 0.25) is 0 Å². The lowest BCUT2D eigenvalue weighted by molar-refractivity contribution is -0.229. The van der Waals surface area contributed by atoms with Crippen LogP contribution >= 0.6 is 0 Å². The molecule has 2 bridgehead atoms. The van der Waals surface area contributed by atoms with Crippen LogP contribution in [-0.4, -0.2) is 63.4 Å². The van der Waals surface area contributed by atoms with Crippen LogP contribution in [0.5, 0.6) is 0 Å². The van der Waals surface area contributed by atoms with Gasteiger partial charge in [0.25, 0.3) is 0 Å². The molecule has 0 radical (unpaired) electrons. The topological polar surface area (TPSA) is 109 Å². The van der Waals surface area contributed by atoms with Crippen molar-refractivity contribution < 1.29 is 33.6 Å². The number of aromatic nitrogens is 2. The molecule has 9 heteroatoms. The quantitative estimate of drug-likeness (QED) is 0.316. The summed E-state index contributed by atoms with van der Waals surface area (Å²) in [4.78, 5) is 29.1. The first kappa shape index (κ1) is 29.0. The fourth-order valence-electron chi connectivity index (χ4n) is 5.92. The van der Waals surface area contributed by atoms with Crippen molar-refractivity contribution >= 4 is 18.0 Å². The van der Waals surface area contributed by atoms with Gasteiger partial charge in [0.1, 0.15) is 18.3 Å². The van der Waals surface area contributed by atoms with Crippen LogP contribution < -0.4 is 0 Å². The molecule has 1 aliphatic carbocycles. The molecule has 3 aliphatic rings. The van der Waals surface area contributed by atoms with Crippen molar-refractivity contribution in [3.05, 3.63) is 60.2 Å². The first-order chi connectivity index (χ1) is 18.3. The molecular weight excluding hydrogens is 500 g/mol. The molecule has 0 saturated heterocycles. The van der Waals surface area contributed by atoms with E-state index in [0.717, 1.165) is 0 Å². The molecule has 0 spiro atoms. The normalized spacial score (nSPS) is 35.8. The summed E-state index contributed by atoms with van der Waals surface area (Å²) in [5, 5.41) is 11.6. The van der Waals surface area contributed by atoms with Crippen LogP contribution in [0.1, 0.15) is 46.7 Å². The Morgan fingerprint density at radius 2 is 2.03 bits per heavy atom. The highest BCUT2D eigenvalue weighted by Gasteiger charge is 2.55. The van der Waals surface area contributed by atoms with Crippen LogP contribution in [-0.2, 0) is 35.6 Å². The maximum atomic E-state index is 13.1. The largest absolute Gasteiger partial charge is 0.461 e. The Morgan fingerprint density at radius 1 is 1.28 bits per heavy atom. The van der Waals surface area contributed by atoms with E-state index < -0.39 is 35.0 Å². The summed E-state index contributed by atoms with van der Waals surface area (Å²) < 4.78 is 25.8. The molecule has 9 nitrogen and oxygen atoms in total. The summed E-state index contributed by atoms with van der Waals surface area (Å²) in [5.41, 5.74) is -1.02. The molecule has 0 saturated carbocycles. The number of hydrogen-bond donors (Lipinski definition) is 1. The average molecular weight is 541 g/mol. The predicted molar refractivity (Wildman–Crippen MR) is 145 cm³/mol. The van der Waals surface area contributed by atoms with Crippen LogP contribution in [0.15, 0.2) is 54.6 Å². The Bertz CT molecular complexity index is 1210. The second-order valence-corrected chi connectivity index (χ2v) is 11.5. The number of hydrogen-bond acceptors (Lipinski definition) is 8. The lowest BCUT2D eigenvalue weighted by Gasteiger charge is -2.45. The molecule has 0 amide bonds. The Kier molecular flexibility index (Phi) is 8.08. The Labute approximate surface area is 230 Å². The third-order valence-corrected chi connectivity index (χ3v) is 8.15. The molecule has 0 fully saturated rings. The zero-order chi connectivity index (χ0) is 28.6. The Balaban J connectivity index is 1.77. The van der Waals surface area contributed by atoms with Gasteiger partial charge in [0.05, 0.1) is 17.6 Å². The summed E-state index contributed by atoms with van der Waals surface area (Å²) in [6.45, 7) is 9.19. The number of rotatable bonds is 7. The lowest BCUT2D eigenvalue weighted by Crippen LogP contribution is -2.50. The Hall–Kier alpha value is -3.01. The van der Waals surface area contributed by atoms with Crippen LogP contribution in [0.3, 0.4) is 0 Å². The van der Waals surface area contributed by atoms with Gasteiger partial charge >= 0.3 is 11.9 Å². The van der Waals surface area contributed by atoms with E-state index >= 15 is 0 Å². The molecule has 0 aromatic carbocycles. The minimum absolute atomic E-state index is 0.0409. The van der Waals surface area contributed by atoms with Gasteiger partial charge < -0.3 is 28.6 Å². The van der Waals surface area contributed by atoms with Gasteiger partial charge in [0.15, 0.2) is 0 Å². The van der Waals surface area contributed by atoms with Gasteiger partial charge in [-0.1, -0.05) is 32.1 Å². The summed E-state index contributed by atoms with van der Waals surface area (Å²) in [5.74, 6) is -2.48. The number of imidazole rings is 1. The number of nitrogens with zero attached hydrogens (tertiary/aromatic N) is 2. The van der Waals surface area contributed by atoms with Crippen molar-refractivity contribution in [2.75, 3.05) is 13.7 Å². The van der Waals surface area contributed by atoms with E-state index in [0.29, 0.717) is 17.7 Å². The van der Waals surface area contributed by atoms with Gasteiger partial charge in [-0.3, -0.25) is 4.79 Å². The molecule has 4 rings (SSSR count). The Morgan fingerprint density at radius 3 is 2.64 bits per heavy atom. The zero-order valence-electron chi connectivity index (χ0n) is 23.8. The lowest BCUT2D eigenvalue weighted by atomic mass is 9.63. The maximum absolute atomic E-state index is 13.1. The number of fused-ring (bicyclic) bond motifs is 3. The van der Waals surface area contributed by atoms with Gasteiger partial charge in [0, 0.05) is 44.8 Å². The van der Waals surface area contributed by atoms with Crippen molar-refractivity contribution in [2.24, 2.45) is 30.7 Å². The van der Waals surface area contributed by atoms with E-state index in [9.17, 15) is 14.7 Å². The molecule has 1 N–H and O–H groups in total. The number of ether oxygens (including phenoxy) is 4. The van der Waals surface area contributed by atoms with E-state index in [-0.39, 0.29) is 30.3 Å². The average Bonchev–Trinajstić information content (AvgIpc) is 3.45. The number of esters is 2. The summed E-state index contributed by atoms with van der Waals surface area (Å²) in [6.07, 6.45) is 15.5. The second-order valence-electron chi connectivity index (χ2n) is 11.5. The van der Waals surface area contributed by atoms with Crippen molar-refractivity contribution in [3.8, 4) is 0 Å². The standard InChI is InChI=1S/C30H40N2O7/c1-19(2)23-10-11-28(4,35)25-15-26(38-27(34)9-8-22-16-32(6)18-31-22)29(5)12-13-30(36-7,39-29)21(14-24(23)25)17-37-20(3)33/h8-14,16,18-19,23-26,35H,15,17H2,1-7H3. The molecule has 39 heavy (non-hydrogen) atoms. The first-order valence-corrected chi connectivity index (χ1v) is 13.4. The number of allylic oxidation sites excluding steroid dienone is 2. The smallest absolute Gasteiger partial charge is 0.331 e. The minimum atomic E-state index is -1.33. The highest BCUT2D eigenvalue weighted by atomic mass is 16.7. The number of aliphatic hydroxyl groups is 1. The second kappa shape index (κ2) is 10.9. The molecule has 7 unspecified atom stereocenters. The van der Waals surface area contributed by atoms with Crippen molar-refractivity contribution in [1.29, 1.82) is 0 Å². The minimum Gasteiger partial charge on any atom is -0.461 e. The molecule has 1 aromatic rings. The van der Waals surface area contributed by atoms with E-state index in [1.165, 1.54) is 20.1 Å². The molecule has 2 aliphatic heterocycles. The fourth-order valence-corrected chi connectivity index (χ4v) is 5.92. The zero-order valence-corrected chi connectivity index (χ0v) is 23.8. The summed E-state index contributed by atoms with van der Waals surface area (Å²) in [6, 6.07) is 0. The van der Waals surface area contributed by atoms with Crippen LogP contribution in [0.4, 0.5) is 0 Å². The number of methoxy groups -OCH3 is 1. The highest BCUT2D eigenvalue weighted by molar-refractivity contribution is 5.86. The third-order valence-electron chi connectivity index (χ3n) is 8.15. The van der Waals surface area contributed by atoms with Gasteiger partial charge in [0.2, 0.25) is 5.79 Å². The van der Waals surface area contributed by atoms with Crippen molar-refractivity contribution in [3.63, 3.8) is 0 Å². The van der Waals surface area contributed by atoms with Crippen LogP contribution in [0, 0.1) is 23.7 Å². The number of carbonyl (C=O) groups excluding carboxylic acids is 2. The molecule has 212 valence electrons. The van der Waals surface area contributed by atoms with E-state index in [4.69, 9.17) is 18.9 Å². The van der Waals surface area contributed by atoms with Crippen LogP contribution in [0.25, 0.3) is 6.08 Å². The third kappa shape index (κ3) is 5.95. The first-order valence-electron chi connectivity index (χ1n) is 13.4. The van der Waals surface area contributed by atoms with Gasteiger partial charge in [-0.05, 0) is 56.3 Å². The SMILES string of the molecule is COC12C=CC(C)(O1)C(OC(=O)C=Cc1cn(C)cn1)CC1C(C=C2COC(C)=O)C(C(C)C)C=CC1(C)O. The molecule has 3 heterocycles. The highest BCUT2D eigenvalue weighted by Crippen LogP contribution is 2.50. The summed E-state index contributed by atoms with van der Waals surface area (Å²) >= 11 is 0. The molecular formula is C30H40N2O7. The van der Waals surface area contributed by atoms with E-state index in [1.54, 1.807) is 36.2 Å². The molecule has 7 atom stereocenters. The monoisotopic (exact) mass is 540 g/mol. The van der Waals surface area contributed by atoms with E-state index in [2.05, 4.69) is 24.9 Å². The van der Waals surface area contributed by atoms with Crippen molar-refractivity contribution in [1.82, 2.24) is 9.55 Å². The van der Waals surface area contributed by atoms with Gasteiger partial charge in [-0.2, -0.15) is 0 Å². The number of carbonyl (C=O) groups is 2. The predicted octanol–water partition coefficient (Wildman–Crippen LogP) is 3.75. The summed E-state index contributed by atoms with van der Waals surface area (Å²) in [7, 11) is 3.38. The van der Waals surface area contributed by atoms with Crippen molar-refractivity contribution in [2.45, 2.75) is 64.1 Å². The van der Waals surface area contributed by atoms with Gasteiger partial charge in [-0.15, -0.1) is 0 Å². The number of aryl methyl sites for hydroxylation is 1. The van der Waals surface area contributed by atoms with E-state index in [1.807, 2.05) is 32.2 Å². The van der Waals surface area contributed by atoms with Gasteiger partial charge in [-0.25, -0.2) is 9.78 Å². The maximum Gasteiger partial charge on any atom is 0.331 e.